The van der Waals surface area contributed by atoms with Crippen LogP contribution < -0.4 is 16.6 Å². The van der Waals surface area contributed by atoms with Gasteiger partial charge in [-0.05, 0) is 19.9 Å². The summed E-state index contributed by atoms with van der Waals surface area (Å²) in [6.07, 6.45) is 5.31. The van der Waals surface area contributed by atoms with Gasteiger partial charge in [0, 0.05) is 45.6 Å². The lowest BCUT2D eigenvalue weighted by Gasteiger charge is -2.22. The first-order chi connectivity index (χ1) is 11.9. The smallest absolute Gasteiger partial charge is 0.323 e. The molecule has 0 saturated carbocycles. The summed E-state index contributed by atoms with van der Waals surface area (Å²) in [6, 6.07) is 2.33. The van der Waals surface area contributed by atoms with Gasteiger partial charge in [-0.2, -0.15) is 5.10 Å². The first kappa shape index (κ1) is 17.2. The van der Waals surface area contributed by atoms with E-state index in [0.717, 1.165) is 4.57 Å². The van der Waals surface area contributed by atoms with Crippen molar-refractivity contribution in [3.8, 4) is 0 Å². The van der Waals surface area contributed by atoms with E-state index in [1.807, 2.05) is 16.9 Å². The topological polar surface area (TPSA) is 91.7 Å². The molecule has 3 rings (SSSR count). The Hall–Kier alpha value is -2.68. The lowest BCUT2D eigenvalue weighted by Crippen LogP contribution is -2.38. The third-order valence-electron chi connectivity index (χ3n) is 4.70. The highest BCUT2D eigenvalue weighted by molar-refractivity contribution is 5.69. The number of fused-ring (bicyclic) bond motifs is 1. The van der Waals surface area contributed by atoms with Crippen molar-refractivity contribution in [2.45, 2.75) is 32.5 Å². The van der Waals surface area contributed by atoms with E-state index in [4.69, 9.17) is 0 Å². The second-order valence-electron chi connectivity index (χ2n) is 6.29. The van der Waals surface area contributed by atoms with Crippen molar-refractivity contribution in [2.24, 2.45) is 14.1 Å². The number of hydrogen-bond donors (Lipinski definition) is 1. The lowest BCUT2D eigenvalue weighted by molar-refractivity contribution is 0.362. The highest BCUT2D eigenvalue weighted by Gasteiger charge is 2.16. The Balaban J connectivity index is 1.74. The summed E-state index contributed by atoms with van der Waals surface area (Å²) in [7, 11) is 3.10. The van der Waals surface area contributed by atoms with Gasteiger partial charge in [0.25, 0.3) is 5.56 Å². The van der Waals surface area contributed by atoms with Crippen LogP contribution in [0.5, 0.6) is 0 Å². The van der Waals surface area contributed by atoms with E-state index in [-0.39, 0.29) is 23.3 Å². The van der Waals surface area contributed by atoms with Gasteiger partial charge in [-0.1, -0.05) is 0 Å². The highest BCUT2D eigenvalue weighted by Crippen LogP contribution is 2.09. The first-order valence-corrected chi connectivity index (χ1v) is 8.25. The summed E-state index contributed by atoms with van der Waals surface area (Å²) in [4.78, 5) is 28.6. The Bertz CT molecular complexity index is 980. The molecule has 3 aromatic heterocycles. The molecule has 3 heterocycles. The molecule has 0 aliphatic rings. The SMILES string of the molecule is C[C@@H](NCCn1cnc2c1c(=O)n(C)c(=O)n2C)[C@H](C)n1cccn1. The Labute approximate surface area is 144 Å². The molecular formula is C16H23N7O2. The molecule has 9 nitrogen and oxygen atoms in total. The van der Waals surface area contributed by atoms with Crippen molar-refractivity contribution in [3.05, 3.63) is 45.6 Å². The molecule has 0 spiro atoms. The Morgan fingerprint density at radius 3 is 2.64 bits per heavy atom. The fraction of sp³-hybridized carbons (Fsp3) is 0.500. The van der Waals surface area contributed by atoms with E-state index in [9.17, 15) is 9.59 Å². The van der Waals surface area contributed by atoms with Crippen LogP contribution >= 0.6 is 0 Å². The van der Waals surface area contributed by atoms with Crippen LogP contribution in [0.15, 0.2) is 34.4 Å². The molecule has 1 N–H and O–H groups in total. The van der Waals surface area contributed by atoms with Crippen LogP contribution in [0.3, 0.4) is 0 Å². The van der Waals surface area contributed by atoms with Gasteiger partial charge in [0.15, 0.2) is 11.2 Å². The average molecular weight is 345 g/mol. The molecule has 9 heteroatoms. The van der Waals surface area contributed by atoms with Crippen LogP contribution in [0.1, 0.15) is 19.9 Å². The summed E-state index contributed by atoms with van der Waals surface area (Å²) in [6.45, 7) is 5.45. The van der Waals surface area contributed by atoms with E-state index < -0.39 is 0 Å². The first-order valence-electron chi connectivity index (χ1n) is 8.25. The fourth-order valence-corrected chi connectivity index (χ4v) is 2.90. The molecule has 0 aliphatic carbocycles. The number of aromatic nitrogens is 6. The average Bonchev–Trinajstić information content (AvgIpc) is 3.27. The van der Waals surface area contributed by atoms with E-state index in [2.05, 4.69) is 29.2 Å². The Morgan fingerprint density at radius 1 is 1.20 bits per heavy atom. The van der Waals surface area contributed by atoms with Crippen molar-refractivity contribution < 1.29 is 0 Å². The normalized spacial score (nSPS) is 14.1. The largest absolute Gasteiger partial charge is 0.332 e. The second kappa shape index (κ2) is 6.67. The van der Waals surface area contributed by atoms with Crippen molar-refractivity contribution in [2.75, 3.05) is 6.54 Å². The van der Waals surface area contributed by atoms with Crippen LogP contribution in [0.4, 0.5) is 0 Å². The predicted octanol–water partition coefficient (Wildman–Crippen LogP) is -0.130. The molecular weight excluding hydrogens is 322 g/mol. The number of rotatable bonds is 6. The Kier molecular flexibility index (Phi) is 4.58. The van der Waals surface area contributed by atoms with E-state index in [1.165, 1.54) is 11.6 Å². The van der Waals surface area contributed by atoms with Crippen LogP contribution in [-0.4, -0.2) is 41.1 Å². The maximum atomic E-state index is 12.4. The number of nitrogens with one attached hydrogen (secondary N) is 1. The fourth-order valence-electron chi connectivity index (χ4n) is 2.90. The van der Waals surface area contributed by atoms with Crippen molar-refractivity contribution in [1.29, 1.82) is 0 Å². The minimum absolute atomic E-state index is 0.210. The molecule has 134 valence electrons. The van der Waals surface area contributed by atoms with Gasteiger partial charge in [0.1, 0.15) is 0 Å². The number of nitrogens with zero attached hydrogens (tertiary/aromatic N) is 6. The number of imidazole rings is 1. The lowest BCUT2D eigenvalue weighted by atomic mass is 10.2. The van der Waals surface area contributed by atoms with Crippen LogP contribution in [0, 0.1) is 0 Å². The molecule has 0 radical (unpaired) electrons. The second-order valence-corrected chi connectivity index (χ2v) is 6.29. The third kappa shape index (κ3) is 3.02. The number of hydrogen-bond acceptors (Lipinski definition) is 5. The van der Waals surface area contributed by atoms with Crippen molar-refractivity contribution >= 4 is 11.2 Å². The van der Waals surface area contributed by atoms with Gasteiger partial charge in [0.05, 0.1) is 12.4 Å². The zero-order valence-corrected chi connectivity index (χ0v) is 14.9. The van der Waals surface area contributed by atoms with Crippen molar-refractivity contribution in [3.63, 3.8) is 0 Å². The van der Waals surface area contributed by atoms with Crippen molar-refractivity contribution in [1.82, 2.24) is 33.8 Å². The minimum atomic E-state index is -0.373. The van der Waals surface area contributed by atoms with Gasteiger partial charge >= 0.3 is 5.69 Å². The quantitative estimate of drug-likeness (QED) is 0.672. The zero-order valence-electron chi connectivity index (χ0n) is 14.9. The Morgan fingerprint density at radius 2 is 1.96 bits per heavy atom. The van der Waals surface area contributed by atoms with Crippen LogP contribution in [0.25, 0.3) is 11.2 Å². The van der Waals surface area contributed by atoms with Gasteiger partial charge in [-0.25, -0.2) is 9.78 Å². The minimum Gasteiger partial charge on any atom is -0.323 e. The molecule has 0 unspecified atom stereocenters. The van der Waals surface area contributed by atoms with Crippen LogP contribution in [-0.2, 0) is 20.6 Å². The van der Waals surface area contributed by atoms with E-state index in [1.54, 1.807) is 24.1 Å². The summed E-state index contributed by atoms with van der Waals surface area (Å²) < 4.78 is 6.20. The summed E-state index contributed by atoms with van der Waals surface area (Å²) >= 11 is 0. The van der Waals surface area contributed by atoms with Crippen LogP contribution in [0.2, 0.25) is 0 Å². The monoisotopic (exact) mass is 345 g/mol. The van der Waals surface area contributed by atoms with Gasteiger partial charge < -0.3 is 9.88 Å². The molecule has 25 heavy (non-hydrogen) atoms. The molecule has 0 amide bonds. The van der Waals surface area contributed by atoms with E-state index >= 15 is 0 Å². The molecule has 0 saturated heterocycles. The summed E-state index contributed by atoms with van der Waals surface area (Å²) in [5, 5.41) is 7.71. The molecule has 0 bridgehead atoms. The maximum absolute atomic E-state index is 12.4. The highest BCUT2D eigenvalue weighted by atomic mass is 16.2. The molecule has 3 aromatic rings. The molecule has 2 atom stereocenters. The molecule has 0 fully saturated rings. The van der Waals surface area contributed by atoms with Gasteiger partial charge in [0.2, 0.25) is 0 Å². The van der Waals surface area contributed by atoms with E-state index in [0.29, 0.717) is 24.3 Å². The summed E-state index contributed by atoms with van der Waals surface area (Å²) in [5.74, 6) is 0. The van der Waals surface area contributed by atoms with Gasteiger partial charge in [-0.3, -0.25) is 18.6 Å². The third-order valence-corrected chi connectivity index (χ3v) is 4.70. The zero-order chi connectivity index (χ0) is 18.1. The predicted molar refractivity (Wildman–Crippen MR) is 94.6 cm³/mol. The maximum Gasteiger partial charge on any atom is 0.332 e. The molecule has 0 aliphatic heterocycles. The number of aryl methyl sites for hydroxylation is 1. The van der Waals surface area contributed by atoms with Gasteiger partial charge in [-0.15, -0.1) is 0 Å². The standard InChI is InChI=1S/C16H23N7O2/c1-11(12(2)23-8-5-6-19-23)17-7-9-22-10-18-14-13(22)15(24)21(4)16(25)20(14)3/h5-6,8,10-12,17H,7,9H2,1-4H3/t11-,12+/m1/s1. The molecule has 0 aromatic carbocycles. The summed E-state index contributed by atoms with van der Waals surface area (Å²) in [5.41, 5.74) is 0.154.